The van der Waals surface area contributed by atoms with Gasteiger partial charge in [-0.2, -0.15) is 5.10 Å². The molecule has 5 nitrogen and oxygen atoms in total. The summed E-state index contributed by atoms with van der Waals surface area (Å²) in [6.07, 6.45) is 4.94. The molecule has 0 atom stereocenters. The molecule has 0 unspecified atom stereocenters. The van der Waals surface area contributed by atoms with Gasteiger partial charge in [0.1, 0.15) is 5.69 Å². The van der Waals surface area contributed by atoms with Crippen molar-refractivity contribution in [2.75, 3.05) is 7.05 Å². The van der Waals surface area contributed by atoms with Gasteiger partial charge in [0.15, 0.2) is 0 Å². The number of rotatable bonds is 4. The van der Waals surface area contributed by atoms with Gasteiger partial charge in [0.05, 0.1) is 0 Å². The van der Waals surface area contributed by atoms with E-state index >= 15 is 0 Å². The van der Waals surface area contributed by atoms with Crippen LogP contribution in [-0.4, -0.2) is 33.7 Å². The van der Waals surface area contributed by atoms with Gasteiger partial charge in [-0.25, -0.2) is 4.68 Å². The van der Waals surface area contributed by atoms with Crippen LogP contribution in [0.3, 0.4) is 0 Å². The van der Waals surface area contributed by atoms with E-state index < -0.39 is 0 Å². The van der Waals surface area contributed by atoms with E-state index in [0.717, 1.165) is 0 Å². The van der Waals surface area contributed by atoms with Gasteiger partial charge >= 0.3 is 0 Å². The second kappa shape index (κ2) is 4.47. The van der Waals surface area contributed by atoms with Crippen LogP contribution in [0.15, 0.2) is 16.9 Å². The zero-order chi connectivity index (χ0) is 13.6. The highest BCUT2D eigenvalue weighted by Gasteiger charge is 2.45. The Morgan fingerprint density at radius 1 is 1.32 bits per heavy atom. The zero-order valence-electron chi connectivity index (χ0n) is 11.4. The first kappa shape index (κ1) is 12.4. The normalized spacial score (nSPS) is 18.7. The molecule has 5 heteroatoms. The van der Waals surface area contributed by atoms with Crippen LogP contribution in [0.4, 0.5) is 0 Å². The molecule has 0 saturated heterocycles. The Balaban J connectivity index is 1.81. The molecule has 0 N–H and O–H groups in total. The van der Waals surface area contributed by atoms with E-state index in [1.807, 2.05) is 11.9 Å². The van der Waals surface area contributed by atoms with E-state index in [-0.39, 0.29) is 11.5 Å². The predicted molar refractivity (Wildman–Crippen MR) is 70.8 cm³/mol. The van der Waals surface area contributed by atoms with Crippen LogP contribution in [0, 0.1) is 11.8 Å². The average Bonchev–Trinajstić information content (AvgIpc) is 3.24. The third-order valence-electron chi connectivity index (χ3n) is 4.16. The molecular formula is C14H19N3O2. The van der Waals surface area contributed by atoms with Crippen LogP contribution in [0.2, 0.25) is 0 Å². The number of nitrogens with zero attached hydrogens (tertiary/aromatic N) is 3. The summed E-state index contributed by atoms with van der Waals surface area (Å²) in [6.45, 7) is 0. The summed E-state index contributed by atoms with van der Waals surface area (Å²) in [5.41, 5.74) is 0.163. The molecule has 2 fully saturated rings. The second-order valence-electron chi connectivity index (χ2n) is 5.76. The lowest BCUT2D eigenvalue weighted by atomic mass is 10.1. The molecule has 2 aliphatic rings. The van der Waals surface area contributed by atoms with Gasteiger partial charge in [-0.15, -0.1) is 0 Å². The van der Waals surface area contributed by atoms with Crippen LogP contribution >= 0.6 is 0 Å². The largest absolute Gasteiger partial charge is 0.337 e. The minimum Gasteiger partial charge on any atom is -0.337 e. The smallest absolute Gasteiger partial charge is 0.274 e. The summed E-state index contributed by atoms with van der Waals surface area (Å²) in [5, 5.41) is 4.05. The van der Waals surface area contributed by atoms with Crippen molar-refractivity contribution in [2.24, 2.45) is 18.9 Å². The van der Waals surface area contributed by atoms with E-state index in [1.165, 1.54) is 42.5 Å². The molecule has 1 aromatic rings. The summed E-state index contributed by atoms with van der Waals surface area (Å²) in [5.74, 6) is 1.28. The quantitative estimate of drug-likeness (QED) is 0.813. The highest BCUT2D eigenvalue weighted by molar-refractivity contribution is 5.92. The number of hydrogen-bond donors (Lipinski definition) is 0. The maximum absolute atomic E-state index is 12.5. The maximum Gasteiger partial charge on any atom is 0.274 e. The van der Waals surface area contributed by atoms with E-state index in [4.69, 9.17) is 0 Å². The number of carbonyl (C=O) groups is 1. The minimum absolute atomic E-state index is 0.0700. The molecule has 19 heavy (non-hydrogen) atoms. The average molecular weight is 261 g/mol. The molecule has 0 radical (unpaired) electrons. The Kier molecular flexibility index (Phi) is 2.92. The summed E-state index contributed by atoms with van der Waals surface area (Å²) < 4.78 is 1.21. The SMILES string of the molecule is CN(C(=O)c1ccc(=O)n(C)n1)C(C1CC1)C1CC1. The van der Waals surface area contributed by atoms with Gasteiger partial charge in [0, 0.05) is 26.2 Å². The lowest BCUT2D eigenvalue weighted by Gasteiger charge is -2.28. The molecule has 1 aromatic heterocycles. The Bertz CT molecular complexity index is 546. The zero-order valence-corrected chi connectivity index (χ0v) is 11.4. The van der Waals surface area contributed by atoms with E-state index in [0.29, 0.717) is 23.6 Å². The lowest BCUT2D eigenvalue weighted by molar-refractivity contribution is 0.0681. The topological polar surface area (TPSA) is 55.2 Å². The number of amides is 1. The van der Waals surface area contributed by atoms with Crippen molar-refractivity contribution in [3.63, 3.8) is 0 Å². The molecular weight excluding hydrogens is 242 g/mol. The summed E-state index contributed by atoms with van der Waals surface area (Å²) >= 11 is 0. The second-order valence-corrected chi connectivity index (χ2v) is 5.76. The van der Waals surface area contributed by atoms with Gasteiger partial charge in [0.25, 0.3) is 11.5 Å². The summed E-state index contributed by atoms with van der Waals surface area (Å²) in [4.78, 5) is 25.6. The number of aryl methyl sites for hydroxylation is 1. The molecule has 2 saturated carbocycles. The van der Waals surface area contributed by atoms with Gasteiger partial charge in [-0.05, 0) is 43.6 Å². The fourth-order valence-corrected chi connectivity index (χ4v) is 2.83. The van der Waals surface area contributed by atoms with Gasteiger partial charge < -0.3 is 4.90 Å². The van der Waals surface area contributed by atoms with Crippen molar-refractivity contribution in [2.45, 2.75) is 31.7 Å². The lowest BCUT2D eigenvalue weighted by Crippen LogP contribution is -2.41. The van der Waals surface area contributed by atoms with Crippen molar-refractivity contribution in [1.29, 1.82) is 0 Å². The fraction of sp³-hybridized carbons (Fsp3) is 0.643. The first-order chi connectivity index (χ1) is 9.08. The third kappa shape index (κ3) is 2.41. The standard InChI is InChI=1S/C14H19N3O2/c1-16(13(9-3-4-9)10-5-6-10)14(19)11-7-8-12(18)17(2)15-11/h7-10,13H,3-6H2,1-2H3. The van der Waals surface area contributed by atoms with Crippen molar-refractivity contribution >= 4 is 5.91 Å². The molecule has 102 valence electrons. The Morgan fingerprint density at radius 2 is 1.89 bits per heavy atom. The van der Waals surface area contributed by atoms with Crippen molar-refractivity contribution in [3.8, 4) is 0 Å². The first-order valence-corrected chi connectivity index (χ1v) is 6.89. The molecule has 1 heterocycles. The predicted octanol–water partition coefficient (Wildman–Crippen LogP) is 1.04. The van der Waals surface area contributed by atoms with Crippen LogP contribution < -0.4 is 5.56 Å². The van der Waals surface area contributed by atoms with Crippen molar-refractivity contribution in [3.05, 3.63) is 28.2 Å². The first-order valence-electron chi connectivity index (χ1n) is 6.89. The van der Waals surface area contributed by atoms with Crippen LogP contribution in [0.1, 0.15) is 36.2 Å². The highest BCUT2D eigenvalue weighted by Crippen LogP contribution is 2.47. The maximum atomic E-state index is 12.5. The molecule has 0 bridgehead atoms. The molecule has 1 amide bonds. The Hall–Kier alpha value is -1.65. The highest BCUT2D eigenvalue weighted by atomic mass is 16.2. The summed E-state index contributed by atoms with van der Waals surface area (Å²) in [7, 11) is 3.44. The van der Waals surface area contributed by atoms with E-state index in [1.54, 1.807) is 7.05 Å². The van der Waals surface area contributed by atoms with Crippen LogP contribution in [0.25, 0.3) is 0 Å². The van der Waals surface area contributed by atoms with E-state index in [2.05, 4.69) is 5.10 Å². The molecule has 0 aromatic carbocycles. The van der Waals surface area contributed by atoms with Crippen LogP contribution in [0.5, 0.6) is 0 Å². The van der Waals surface area contributed by atoms with E-state index in [9.17, 15) is 9.59 Å². The number of hydrogen-bond acceptors (Lipinski definition) is 3. The van der Waals surface area contributed by atoms with Gasteiger partial charge in [-0.3, -0.25) is 9.59 Å². The Labute approximate surface area is 112 Å². The fourth-order valence-electron chi connectivity index (χ4n) is 2.83. The molecule has 2 aliphatic carbocycles. The molecule has 0 aliphatic heterocycles. The van der Waals surface area contributed by atoms with Gasteiger partial charge in [0.2, 0.25) is 0 Å². The third-order valence-corrected chi connectivity index (χ3v) is 4.16. The molecule has 0 spiro atoms. The Morgan fingerprint density at radius 3 is 2.37 bits per heavy atom. The minimum atomic E-state index is -0.194. The van der Waals surface area contributed by atoms with Crippen molar-refractivity contribution in [1.82, 2.24) is 14.7 Å². The monoisotopic (exact) mass is 261 g/mol. The van der Waals surface area contributed by atoms with Crippen LogP contribution in [-0.2, 0) is 7.05 Å². The number of carbonyl (C=O) groups excluding carboxylic acids is 1. The van der Waals surface area contributed by atoms with Gasteiger partial charge in [-0.1, -0.05) is 0 Å². The summed E-state index contributed by atoms with van der Waals surface area (Å²) in [6, 6.07) is 3.29. The molecule has 3 rings (SSSR count). The number of aromatic nitrogens is 2. The van der Waals surface area contributed by atoms with Crippen molar-refractivity contribution < 1.29 is 4.79 Å².